The van der Waals surface area contributed by atoms with Gasteiger partial charge in [-0.2, -0.15) is 0 Å². The van der Waals surface area contributed by atoms with E-state index in [1.807, 2.05) is 12.1 Å². The number of rotatable bonds is 3. The number of aliphatic hydroxyl groups excluding tert-OH is 1. The zero-order chi connectivity index (χ0) is 14.8. The molecule has 2 N–H and O–H groups in total. The van der Waals surface area contributed by atoms with Crippen molar-refractivity contribution in [3.05, 3.63) is 30.2 Å². The molecule has 2 rings (SSSR count). The highest BCUT2D eigenvalue weighted by atomic mass is 16.6. The van der Waals surface area contributed by atoms with Gasteiger partial charge in [0.1, 0.15) is 17.2 Å². The van der Waals surface area contributed by atoms with E-state index in [1.165, 1.54) is 0 Å². The summed E-state index contributed by atoms with van der Waals surface area (Å²) < 4.78 is 10.5. The standard InChI is InChI=1S/C14H18N2O4/c1-14(2,3)20-13(18)15-8-10(17)12-16-9-6-4-5-7-11(9)19-12/h4-7,10,17H,8H2,1-3H3,(H,15,18). The number of hydrogen-bond acceptors (Lipinski definition) is 5. The summed E-state index contributed by atoms with van der Waals surface area (Å²) in [5.74, 6) is 0.169. The molecule has 6 nitrogen and oxygen atoms in total. The van der Waals surface area contributed by atoms with Crippen LogP contribution in [-0.4, -0.2) is 28.3 Å². The number of alkyl carbamates (subject to hydrolysis) is 1. The van der Waals surface area contributed by atoms with E-state index in [0.29, 0.717) is 11.1 Å². The second-order valence-corrected chi connectivity index (χ2v) is 5.42. The lowest BCUT2D eigenvalue weighted by molar-refractivity contribution is 0.0481. The Bertz CT molecular complexity index is 567. The number of ether oxygens (including phenoxy) is 1. The highest BCUT2D eigenvalue weighted by Crippen LogP contribution is 2.19. The summed E-state index contributed by atoms with van der Waals surface area (Å²) in [6.07, 6.45) is -1.61. The molecule has 2 aromatic rings. The van der Waals surface area contributed by atoms with Gasteiger partial charge in [-0.1, -0.05) is 12.1 Å². The highest BCUT2D eigenvalue weighted by molar-refractivity contribution is 5.72. The van der Waals surface area contributed by atoms with E-state index in [-0.39, 0.29) is 12.4 Å². The van der Waals surface area contributed by atoms with E-state index < -0.39 is 17.8 Å². The van der Waals surface area contributed by atoms with Gasteiger partial charge in [0.2, 0.25) is 5.89 Å². The van der Waals surface area contributed by atoms with Crippen LogP contribution in [0.1, 0.15) is 32.8 Å². The van der Waals surface area contributed by atoms with Gasteiger partial charge >= 0.3 is 6.09 Å². The van der Waals surface area contributed by atoms with Crippen molar-refractivity contribution in [1.82, 2.24) is 10.3 Å². The summed E-state index contributed by atoms with van der Waals surface area (Å²) in [6.45, 7) is 5.28. The van der Waals surface area contributed by atoms with Crippen molar-refractivity contribution in [1.29, 1.82) is 0 Å². The molecule has 1 amide bonds. The van der Waals surface area contributed by atoms with Crippen molar-refractivity contribution in [3.8, 4) is 0 Å². The molecule has 1 heterocycles. The summed E-state index contributed by atoms with van der Waals surface area (Å²) in [7, 11) is 0. The van der Waals surface area contributed by atoms with Gasteiger partial charge in [-0.15, -0.1) is 0 Å². The van der Waals surface area contributed by atoms with E-state index in [9.17, 15) is 9.90 Å². The maximum atomic E-state index is 11.5. The average molecular weight is 278 g/mol. The summed E-state index contributed by atoms with van der Waals surface area (Å²) >= 11 is 0. The monoisotopic (exact) mass is 278 g/mol. The minimum Gasteiger partial charge on any atom is -0.444 e. The lowest BCUT2D eigenvalue weighted by Crippen LogP contribution is -2.34. The number of nitrogens with one attached hydrogen (secondary N) is 1. The maximum absolute atomic E-state index is 11.5. The number of nitrogens with zero attached hydrogens (tertiary/aromatic N) is 1. The second kappa shape index (κ2) is 5.50. The molecule has 108 valence electrons. The zero-order valence-corrected chi connectivity index (χ0v) is 11.7. The molecule has 1 aromatic carbocycles. The largest absolute Gasteiger partial charge is 0.444 e. The molecule has 1 atom stereocenters. The lowest BCUT2D eigenvalue weighted by Gasteiger charge is -2.20. The van der Waals surface area contributed by atoms with Crippen LogP contribution in [0.25, 0.3) is 11.1 Å². The molecule has 20 heavy (non-hydrogen) atoms. The summed E-state index contributed by atoms with van der Waals surface area (Å²) in [5.41, 5.74) is 0.685. The minimum absolute atomic E-state index is 0.0261. The van der Waals surface area contributed by atoms with Gasteiger partial charge < -0.3 is 19.6 Å². The molecule has 0 aliphatic rings. The third-order valence-electron chi connectivity index (χ3n) is 2.43. The summed E-state index contributed by atoms with van der Waals surface area (Å²) in [4.78, 5) is 15.6. The third-order valence-corrected chi connectivity index (χ3v) is 2.43. The number of hydrogen-bond donors (Lipinski definition) is 2. The number of amides is 1. The Morgan fingerprint density at radius 1 is 1.45 bits per heavy atom. The van der Waals surface area contributed by atoms with Crippen molar-refractivity contribution in [2.45, 2.75) is 32.5 Å². The predicted octanol–water partition coefficient (Wildman–Crippen LogP) is 2.39. The van der Waals surface area contributed by atoms with Crippen molar-refractivity contribution >= 4 is 17.2 Å². The first-order valence-corrected chi connectivity index (χ1v) is 6.35. The van der Waals surface area contributed by atoms with Crippen LogP contribution in [0, 0.1) is 0 Å². The normalized spacial score (nSPS) is 13.2. The quantitative estimate of drug-likeness (QED) is 0.900. The van der Waals surface area contributed by atoms with Crippen LogP contribution in [-0.2, 0) is 4.74 Å². The van der Waals surface area contributed by atoms with Gasteiger partial charge in [0.25, 0.3) is 0 Å². The molecular formula is C14H18N2O4. The number of fused-ring (bicyclic) bond motifs is 1. The Kier molecular flexibility index (Phi) is 3.94. The first-order valence-electron chi connectivity index (χ1n) is 6.35. The number of oxazole rings is 1. The molecule has 0 aliphatic carbocycles. The Hall–Kier alpha value is -2.08. The third kappa shape index (κ3) is 3.71. The van der Waals surface area contributed by atoms with Gasteiger partial charge in [-0.25, -0.2) is 9.78 Å². The maximum Gasteiger partial charge on any atom is 0.407 e. The fourth-order valence-corrected chi connectivity index (χ4v) is 1.61. The first-order chi connectivity index (χ1) is 9.35. The fourth-order valence-electron chi connectivity index (χ4n) is 1.61. The lowest BCUT2D eigenvalue weighted by atomic mass is 10.2. The predicted molar refractivity (Wildman–Crippen MR) is 73.2 cm³/mol. The molecule has 0 saturated heterocycles. The topological polar surface area (TPSA) is 84.6 Å². The van der Waals surface area contributed by atoms with E-state index in [1.54, 1.807) is 32.9 Å². The van der Waals surface area contributed by atoms with Crippen LogP contribution >= 0.6 is 0 Å². The molecule has 0 fully saturated rings. The Morgan fingerprint density at radius 3 is 2.80 bits per heavy atom. The Balaban J connectivity index is 1.95. The molecule has 0 bridgehead atoms. The number of carbonyl (C=O) groups is 1. The first kappa shape index (κ1) is 14.3. The number of para-hydroxylation sites is 2. The Labute approximate surface area is 116 Å². The van der Waals surface area contributed by atoms with Gasteiger partial charge in [-0.05, 0) is 32.9 Å². The molecule has 1 unspecified atom stereocenters. The number of aliphatic hydroxyl groups is 1. The van der Waals surface area contributed by atoms with Crippen LogP contribution in [0.3, 0.4) is 0 Å². The van der Waals surface area contributed by atoms with Crippen LogP contribution in [0.5, 0.6) is 0 Å². The van der Waals surface area contributed by atoms with Gasteiger partial charge in [-0.3, -0.25) is 0 Å². The number of benzene rings is 1. The second-order valence-electron chi connectivity index (χ2n) is 5.42. The molecular weight excluding hydrogens is 260 g/mol. The van der Waals surface area contributed by atoms with Gasteiger partial charge in [0.15, 0.2) is 5.58 Å². The minimum atomic E-state index is -1.02. The Morgan fingerprint density at radius 2 is 2.15 bits per heavy atom. The van der Waals surface area contributed by atoms with E-state index >= 15 is 0 Å². The fraction of sp³-hybridized carbons (Fsp3) is 0.429. The van der Waals surface area contributed by atoms with Crippen molar-refractivity contribution in [2.24, 2.45) is 0 Å². The van der Waals surface area contributed by atoms with Crippen LogP contribution in [0.4, 0.5) is 4.79 Å². The van der Waals surface area contributed by atoms with Crippen LogP contribution < -0.4 is 5.32 Å². The van der Waals surface area contributed by atoms with Crippen molar-refractivity contribution in [2.75, 3.05) is 6.54 Å². The summed E-state index contributed by atoms with van der Waals surface area (Å²) in [5, 5.41) is 12.4. The van der Waals surface area contributed by atoms with E-state index in [0.717, 1.165) is 0 Å². The molecule has 0 spiro atoms. The summed E-state index contributed by atoms with van der Waals surface area (Å²) in [6, 6.07) is 7.21. The molecule has 1 aromatic heterocycles. The molecule has 6 heteroatoms. The van der Waals surface area contributed by atoms with E-state index in [2.05, 4.69) is 10.3 Å². The average Bonchev–Trinajstić information content (AvgIpc) is 2.77. The van der Waals surface area contributed by atoms with Crippen LogP contribution in [0.2, 0.25) is 0 Å². The van der Waals surface area contributed by atoms with Crippen LogP contribution in [0.15, 0.2) is 28.7 Å². The van der Waals surface area contributed by atoms with Crippen molar-refractivity contribution < 1.29 is 19.1 Å². The molecule has 0 radical (unpaired) electrons. The van der Waals surface area contributed by atoms with Gasteiger partial charge in [0, 0.05) is 0 Å². The zero-order valence-electron chi connectivity index (χ0n) is 11.7. The van der Waals surface area contributed by atoms with Gasteiger partial charge in [0.05, 0.1) is 6.54 Å². The number of carbonyl (C=O) groups excluding carboxylic acids is 1. The van der Waals surface area contributed by atoms with Crippen molar-refractivity contribution in [3.63, 3.8) is 0 Å². The smallest absolute Gasteiger partial charge is 0.407 e. The highest BCUT2D eigenvalue weighted by Gasteiger charge is 2.19. The van der Waals surface area contributed by atoms with E-state index in [4.69, 9.17) is 9.15 Å². The SMILES string of the molecule is CC(C)(C)OC(=O)NCC(O)c1nc2ccccc2o1. The molecule has 0 aliphatic heterocycles. The molecule has 0 saturated carbocycles. The number of aromatic nitrogens is 1.